The van der Waals surface area contributed by atoms with Crippen LogP contribution in [0.4, 0.5) is 0 Å². The highest BCUT2D eigenvalue weighted by Gasteiger charge is 2.04. The average Bonchev–Trinajstić information content (AvgIpc) is 2.30. The fourth-order valence-electron chi connectivity index (χ4n) is 1.27. The van der Waals surface area contributed by atoms with Crippen LogP contribution in [0, 0.1) is 0 Å². The van der Waals surface area contributed by atoms with Gasteiger partial charge in [-0.3, -0.25) is 0 Å². The minimum Gasteiger partial charge on any atom is -0.478 e. The van der Waals surface area contributed by atoms with E-state index in [0.29, 0.717) is 5.69 Å². The molecule has 4 nitrogen and oxygen atoms in total. The Bertz CT molecular complexity index is 483. The molecule has 0 aliphatic carbocycles. The Labute approximate surface area is 86.2 Å². The summed E-state index contributed by atoms with van der Waals surface area (Å²) >= 11 is 0. The third-order valence-corrected chi connectivity index (χ3v) is 1.98. The fraction of sp³-hybridized carbons (Fsp3) is 0. The summed E-state index contributed by atoms with van der Waals surface area (Å²) in [5.41, 5.74) is 1.67. The van der Waals surface area contributed by atoms with Gasteiger partial charge >= 0.3 is 5.97 Å². The minimum atomic E-state index is -0.944. The maximum absolute atomic E-state index is 10.7. The number of nitrogens with zero attached hydrogens (tertiary/aromatic N) is 2. The zero-order valence-corrected chi connectivity index (χ0v) is 7.79. The lowest BCUT2D eigenvalue weighted by Gasteiger charge is -2.00. The van der Waals surface area contributed by atoms with Crippen LogP contribution in [0.1, 0.15) is 10.4 Å². The topological polar surface area (TPSA) is 63.1 Å². The molecule has 0 aliphatic rings. The molecule has 0 aliphatic heterocycles. The molecule has 0 radical (unpaired) electrons. The van der Waals surface area contributed by atoms with Crippen LogP contribution in [0.3, 0.4) is 0 Å². The first-order valence-electron chi connectivity index (χ1n) is 4.39. The van der Waals surface area contributed by atoms with Gasteiger partial charge in [0.2, 0.25) is 0 Å². The van der Waals surface area contributed by atoms with E-state index in [1.54, 1.807) is 42.6 Å². The van der Waals surface area contributed by atoms with Gasteiger partial charge in [0.1, 0.15) is 0 Å². The highest BCUT2D eigenvalue weighted by Crippen LogP contribution is 2.16. The van der Waals surface area contributed by atoms with Crippen LogP contribution in [0.15, 0.2) is 42.6 Å². The largest absolute Gasteiger partial charge is 0.478 e. The van der Waals surface area contributed by atoms with Gasteiger partial charge in [-0.25, -0.2) is 4.79 Å². The van der Waals surface area contributed by atoms with Crippen molar-refractivity contribution in [2.75, 3.05) is 0 Å². The molecule has 74 valence electrons. The van der Waals surface area contributed by atoms with Crippen LogP contribution in [0.5, 0.6) is 0 Å². The Balaban J connectivity index is 2.46. The van der Waals surface area contributed by atoms with Crippen LogP contribution >= 0.6 is 0 Å². The first-order chi connectivity index (χ1) is 7.27. The molecule has 2 aromatic rings. The van der Waals surface area contributed by atoms with Crippen LogP contribution in [-0.2, 0) is 0 Å². The lowest BCUT2D eigenvalue weighted by Crippen LogP contribution is -1.96. The number of carbonyl (C=O) groups is 1. The lowest BCUT2D eigenvalue weighted by molar-refractivity contribution is 0.0697. The van der Waals surface area contributed by atoms with Crippen LogP contribution in [0.25, 0.3) is 11.3 Å². The van der Waals surface area contributed by atoms with E-state index in [2.05, 4.69) is 10.2 Å². The molecule has 4 heteroatoms. The second-order valence-electron chi connectivity index (χ2n) is 2.99. The standard InChI is InChI=1S/C11H8N2O2/c14-11(15)9-4-1-3-8(7-9)10-5-2-6-12-13-10/h1-7H,(H,14,15). The van der Waals surface area contributed by atoms with Gasteiger partial charge in [-0.05, 0) is 24.3 Å². The van der Waals surface area contributed by atoms with E-state index in [9.17, 15) is 4.79 Å². The molecule has 0 unspecified atom stereocenters. The van der Waals surface area contributed by atoms with Crippen molar-refractivity contribution in [1.82, 2.24) is 10.2 Å². The average molecular weight is 200 g/mol. The van der Waals surface area contributed by atoms with E-state index in [1.807, 2.05) is 0 Å². The lowest BCUT2D eigenvalue weighted by atomic mass is 10.1. The highest BCUT2D eigenvalue weighted by molar-refractivity contribution is 5.89. The number of hydrogen-bond donors (Lipinski definition) is 1. The van der Waals surface area contributed by atoms with E-state index in [4.69, 9.17) is 5.11 Å². The van der Waals surface area contributed by atoms with Crippen LogP contribution in [0.2, 0.25) is 0 Å². The summed E-state index contributed by atoms with van der Waals surface area (Å²) in [6.07, 6.45) is 1.57. The van der Waals surface area contributed by atoms with E-state index in [1.165, 1.54) is 0 Å². The predicted octanol–water partition coefficient (Wildman–Crippen LogP) is 1.84. The first kappa shape index (κ1) is 9.33. The quantitative estimate of drug-likeness (QED) is 0.803. The van der Waals surface area contributed by atoms with E-state index in [-0.39, 0.29) is 5.56 Å². The van der Waals surface area contributed by atoms with Crippen molar-refractivity contribution in [2.24, 2.45) is 0 Å². The summed E-state index contributed by atoms with van der Waals surface area (Å²) in [4.78, 5) is 10.7. The number of benzene rings is 1. The van der Waals surface area contributed by atoms with Crippen LogP contribution < -0.4 is 0 Å². The van der Waals surface area contributed by atoms with Crippen molar-refractivity contribution < 1.29 is 9.90 Å². The minimum absolute atomic E-state index is 0.248. The summed E-state index contributed by atoms with van der Waals surface area (Å²) in [5.74, 6) is -0.944. The molecule has 2 rings (SSSR count). The summed E-state index contributed by atoms with van der Waals surface area (Å²) in [7, 11) is 0. The number of aromatic nitrogens is 2. The highest BCUT2D eigenvalue weighted by atomic mass is 16.4. The summed E-state index contributed by atoms with van der Waals surface area (Å²) in [5, 5.41) is 16.5. The van der Waals surface area contributed by atoms with Crippen molar-refractivity contribution in [2.45, 2.75) is 0 Å². The van der Waals surface area contributed by atoms with E-state index in [0.717, 1.165) is 5.56 Å². The zero-order chi connectivity index (χ0) is 10.7. The first-order valence-corrected chi connectivity index (χ1v) is 4.39. The molecule has 1 aromatic heterocycles. The molecule has 0 bridgehead atoms. The number of carboxylic acids is 1. The SMILES string of the molecule is O=C(O)c1cccc(-c2cccnn2)c1. The molecule has 0 saturated heterocycles. The molecule has 0 spiro atoms. The fourth-order valence-corrected chi connectivity index (χ4v) is 1.27. The molecule has 1 heterocycles. The maximum atomic E-state index is 10.7. The molecular weight excluding hydrogens is 192 g/mol. The summed E-state index contributed by atoms with van der Waals surface area (Å²) < 4.78 is 0. The molecule has 15 heavy (non-hydrogen) atoms. The van der Waals surface area contributed by atoms with Crippen molar-refractivity contribution in [3.05, 3.63) is 48.2 Å². The van der Waals surface area contributed by atoms with Crippen molar-refractivity contribution in [3.63, 3.8) is 0 Å². The van der Waals surface area contributed by atoms with Gasteiger partial charge in [-0.1, -0.05) is 12.1 Å². The predicted molar refractivity (Wildman–Crippen MR) is 54.4 cm³/mol. The van der Waals surface area contributed by atoms with Gasteiger partial charge in [0.25, 0.3) is 0 Å². The Kier molecular flexibility index (Phi) is 2.41. The third kappa shape index (κ3) is 1.99. The second-order valence-corrected chi connectivity index (χ2v) is 2.99. The van der Waals surface area contributed by atoms with Crippen LogP contribution in [-0.4, -0.2) is 21.3 Å². The molecule has 0 atom stereocenters. The van der Waals surface area contributed by atoms with Gasteiger partial charge in [0.05, 0.1) is 11.3 Å². The van der Waals surface area contributed by atoms with Gasteiger partial charge in [0, 0.05) is 11.8 Å². The normalized spacial score (nSPS) is 9.87. The van der Waals surface area contributed by atoms with Gasteiger partial charge in [0.15, 0.2) is 0 Å². The number of rotatable bonds is 2. The smallest absolute Gasteiger partial charge is 0.335 e. The molecular formula is C11H8N2O2. The number of hydrogen-bond acceptors (Lipinski definition) is 3. The maximum Gasteiger partial charge on any atom is 0.335 e. The Morgan fingerprint density at radius 1 is 1.20 bits per heavy atom. The summed E-state index contributed by atoms with van der Waals surface area (Å²) in [6.45, 7) is 0. The number of aromatic carboxylic acids is 1. The molecule has 1 N–H and O–H groups in total. The Morgan fingerprint density at radius 3 is 2.73 bits per heavy atom. The summed E-state index contributed by atoms with van der Waals surface area (Å²) in [6, 6.07) is 10.2. The van der Waals surface area contributed by atoms with Gasteiger partial charge in [-0.2, -0.15) is 10.2 Å². The number of carboxylic acid groups (broad SMARTS) is 1. The molecule has 0 amide bonds. The zero-order valence-electron chi connectivity index (χ0n) is 7.79. The Morgan fingerprint density at radius 2 is 2.07 bits per heavy atom. The monoisotopic (exact) mass is 200 g/mol. The van der Waals surface area contributed by atoms with Crippen molar-refractivity contribution >= 4 is 5.97 Å². The molecule has 1 aromatic carbocycles. The van der Waals surface area contributed by atoms with Crippen molar-refractivity contribution in [1.29, 1.82) is 0 Å². The van der Waals surface area contributed by atoms with E-state index < -0.39 is 5.97 Å². The Hall–Kier alpha value is -2.23. The molecule has 0 saturated carbocycles. The second kappa shape index (κ2) is 3.88. The van der Waals surface area contributed by atoms with Crippen molar-refractivity contribution in [3.8, 4) is 11.3 Å². The molecule has 0 fully saturated rings. The van der Waals surface area contributed by atoms with Gasteiger partial charge < -0.3 is 5.11 Å². The third-order valence-electron chi connectivity index (χ3n) is 1.98. The van der Waals surface area contributed by atoms with Gasteiger partial charge in [-0.15, -0.1) is 0 Å². The van der Waals surface area contributed by atoms with E-state index >= 15 is 0 Å².